The van der Waals surface area contributed by atoms with E-state index in [9.17, 15) is 8.76 Å². The van der Waals surface area contributed by atoms with Crippen LogP contribution in [0, 0.1) is 5.92 Å². The van der Waals surface area contributed by atoms with Crippen LogP contribution in [0.1, 0.15) is 39.5 Å². The van der Waals surface area contributed by atoms with Gasteiger partial charge in [-0.15, -0.1) is 0 Å². The Hall–Kier alpha value is 0.992. The Bertz CT molecular complexity index is 133. The molecule has 0 amide bonds. The van der Waals surface area contributed by atoms with Gasteiger partial charge in [-0.25, -0.2) is 4.21 Å². The van der Waals surface area contributed by atoms with Crippen LogP contribution < -0.4 is 0 Å². The molecule has 2 radical (unpaired) electrons. The average molecular weight is 403 g/mol. The van der Waals surface area contributed by atoms with Crippen molar-refractivity contribution in [3.05, 3.63) is 0 Å². The quantitative estimate of drug-likeness (QED) is 0.473. The summed E-state index contributed by atoms with van der Waals surface area (Å²) in [5.41, 5.74) is 0. The van der Waals surface area contributed by atoms with E-state index in [1.807, 2.05) is 0 Å². The monoisotopic (exact) mass is 403 g/mol. The SMILES string of the molecule is CCCCC(CC)COS(=O)[O-].[PbH2]. The first-order valence-electron chi connectivity index (χ1n) is 4.43. The molecule has 0 aromatic carbocycles. The molecule has 0 aliphatic carbocycles. The van der Waals surface area contributed by atoms with Gasteiger partial charge in [-0.3, -0.25) is 0 Å². The predicted octanol–water partition coefficient (Wildman–Crippen LogP) is 1.10. The Morgan fingerprint density at radius 1 is 1.46 bits per heavy atom. The molecular weight excluding hydrogens is 383 g/mol. The van der Waals surface area contributed by atoms with Gasteiger partial charge in [-0.1, -0.05) is 33.1 Å². The van der Waals surface area contributed by atoms with E-state index < -0.39 is 11.4 Å². The Morgan fingerprint density at radius 3 is 2.46 bits per heavy atom. The maximum absolute atomic E-state index is 10.1. The Labute approximate surface area is 103 Å². The predicted molar refractivity (Wildman–Crippen MR) is 56.7 cm³/mol. The third-order valence-corrected chi connectivity index (χ3v) is 2.27. The molecule has 13 heavy (non-hydrogen) atoms. The molecule has 0 rings (SSSR count). The first kappa shape index (κ1) is 16.4. The summed E-state index contributed by atoms with van der Waals surface area (Å²) in [6.07, 6.45) is 4.34. The van der Waals surface area contributed by atoms with Gasteiger partial charge in [-0.05, 0) is 12.3 Å². The summed E-state index contributed by atoms with van der Waals surface area (Å²) in [7, 11) is 0. The molecule has 0 fully saturated rings. The van der Waals surface area contributed by atoms with Gasteiger partial charge in [0.1, 0.15) is 0 Å². The van der Waals surface area contributed by atoms with E-state index in [2.05, 4.69) is 18.0 Å². The molecule has 2 unspecified atom stereocenters. The van der Waals surface area contributed by atoms with Crippen LogP contribution in [0.25, 0.3) is 0 Å². The minimum absolute atomic E-state index is 0. The van der Waals surface area contributed by atoms with Crippen molar-refractivity contribution in [2.24, 2.45) is 5.92 Å². The first-order chi connectivity index (χ1) is 5.70. The Kier molecular flexibility index (Phi) is 14.0. The first-order valence-corrected chi connectivity index (χ1v) is 5.43. The van der Waals surface area contributed by atoms with Gasteiger partial charge in [0.05, 0.1) is 18.0 Å². The van der Waals surface area contributed by atoms with Crippen LogP contribution in [-0.4, -0.2) is 42.7 Å². The molecule has 5 heteroatoms. The van der Waals surface area contributed by atoms with Gasteiger partial charge in [0.15, 0.2) is 0 Å². The standard InChI is InChI=1S/C8H18O3S.Pb.2H/c1-3-5-6-8(4-2)7-11-12(9)10;;;/h8H,3-7H2,1-2H3,(H,9,10);;;/p-1. The van der Waals surface area contributed by atoms with Crippen molar-refractivity contribution in [2.75, 3.05) is 6.61 Å². The van der Waals surface area contributed by atoms with Crippen LogP contribution in [0.5, 0.6) is 0 Å². The summed E-state index contributed by atoms with van der Waals surface area (Å²) in [6, 6.07) is 0. The topological polar surface area (TPSA) is 49.4 Å². The zero-order chi connectivity index (χ0) is 9.40. The molecule has 0 N–H and O–H groups in total. The fourth-order valence-electron chi connectivity index (χ4n) is 1.05. The van der Waals surface area contributed by atoms with Crippen LogP contribution in [0.3, 0.4) is 0 Å². The number of hydrogen-bond acceptors (Lipinski definition) is 3. The van der Waals surface area contributed by atoms with E-state index >= 15 is 0 Å². The summed E-state index contributed by atoms with van der Waals surface area (Å²) >= 11 is -2.34. The van der Waals surface area contributed by atoms with Gasteiger partial charge >= 0.3 is 27.3 Å². The zero-order valence-electron chi connectivity index (χ0n) is 8.45. The maximum atomic E-state index is 10.1. The second-order valence-corrected chi connectivity index (χ2v) is 3.55. The second kappa shape index (κ2) is 11.1. The molecule has 2 atom stereocenters. The van der Waals surface area contributed by atoms with Crippen molar-refractivity contribution >= 4 is 38.7 Å². The molecule has 0 aromatic heterocycles. The normalized spacial score (nSPS) is 14.7. The summed E-state index contributed by atoms with van der Waals surface area (Å²) in [6.45, 7) is 4.52. The van der Waals surface area contributed by atoms with Crippen LogP contribution in [-0.2, 0) is 15.5 Å². The van der Waals surface area contributed by atoms with Gasteiger partial charge in [0.25, 0.3) is 0 Å². The molecule has 0 aliphatic rings. The van der Waals surface area contributed by atoms with Crippen LogP contribution in [0.2, 0.25) is 0 Å². The zero-order valence-corrected chi connectivity index (χ0v) is 14.8. The number of rotatable bonds is 7. The van der Waals surface area contributed by atoms with Gasteiger partial charge in [0.2, 0.25) is 0 Å². The second-order valence-electron chi connectivity index (χ2n) is 2.91. The van der Waals surface area contributed by atoms with Crippen molar-refractivity contribution in [1.29, 1.82) is 0 Å². The van der Waals surface area contributed by atoms with Crippen molar-refractivity contribution < 1.29 is 12.9 Å². The molecule has 0 aliphatic heterocycles. The van der Waals surface area contributed by atoms with Crippen LogP contribution >= 0.6 is 0 Å². The summed E-state index contributed by atoms with van der Waals surface area (Å²) in [5.74, 6) is 0.392. The molecule has 80 valence electrons. The van der Waals surface area contributed by atoms with E-state index in [0.29, 0.717) is 12.5 Å². The van der Waals surface area contributed by atoms with E-state index in [1.165, 1.54) is 0 Å². The van der Waals surface area contributed by atoms with Crippen molar-refractivity contribution in [3.8, 4) is 0 Å². The summed E-state index contributed by atoms with van der Waals surface area (Å²) < 4.78 is 24.7. The minimum atomic E-state index is -2.34. The van der Waals surface area contributed by atoms with E-state index in [0.717, 1.165) is 25.7 Å². The molecule has 0 bridgehead atoms. The van der Waals surface area contributed by atoms with Crippen molar-refractivity contribution in [2.45, 2.75) is 39.5 Å². The fourth-order valence-corrected chi connectivity index (χ4v) is 1.35. The number of hydrogen-bond donors (Lipinski definition) is 0. The summed E-state index contributed by atoms with van der Waals surface area (Å²) in [5, 5.41) is 0. The van der Waals surface area contributed by atoms with E-state index in [4.69, 9.17) is 0 Å². The van der Waals surface area contributed by atoms with Crippen molar-refractivity contribution in [3.63, 3.8) is 0 Å². The third-order valence-electron chi connectivity index (χ3n) is 1.94. The molecule has 3 nitrogen and oxygen atoms in total. The van der Waals surface area contributed by atoms with Crippen LogP contribution in [0.4, 0.5) is 0 Å². The molecule has 0 saturated carbocycles. The van der Waals surface area contributed by atoms with Gasteiger partial charge < -0.3 is 8.74 Å². The Morgan fingerprint density at radius 2 is 2.08 bits per heavy atom. The number of unbranched alkanes of at least 4 members (excludes halogenated alkanes) is 1. The molecule has 0 spiro atoms. The van der Waals surface area contributed by atoms with Crippen LogP contribution in [0.15, 0.2) is 0 Å². The molecule has 0 aromatic rings. The molecular formula is C8H19O3PbS-. The molecule has 0 heterocycles. The van der Waals surface area contributed by atoms with E-state index in [1.54, 1.807) is 0 Å². The summed E-state index contributed by atoms with van der Waals surface area (Å²) in [4.78, 5) is 0. The van der Waals surface area contributed by atoms with Gasteiger partial charge in [-0.2, -0.15) is 0 Å². The Balaban J connectivity index is 0. The fraction of sp³-hybridized carbons (Fsp3) is 1.00. The average Bonchev–Trinajstić information content (AvgIpc) is 2.05. The van der Waals surface area contributed by atoms with Crippen molar-refractivity contribution in [1.82, 2.24) is 0 Å². The third kappa shape index (κ3) is 10.9. The van der Waals surface area contributed by atoms with Gasteiger partial charge in [0, 0.05) is 0 Å². The molecule has 0 saturated heterocycles. The van der Waals surface area contributed by atoms with E-state index in [-0.39, 0.29) is 27.3 Å².